The van der Waals surface area contributed by atoms with E-state index in [1.165, 1.54) is 12.8 Å². The Kier molecular flexibility index (Phi) is 6.80. The zero-order valence-corrected chi connectivity index (χ0v) is 12.7. The fourth-order valence-corrected chi connectivity index (χ4v) is 2.66. The first-order valence-electron chi connectivity index (χ1n) is 7.64. The highest BCUT2D eigenvalue weighted by molar-refractivity contribution is 5.84. The normalized spacial score (nSPS) is 26.9. The molecule has 0 aliphatic heterocycles. The number of rotatable bonds is 8. The van der Waals surface area contributed by atoms with Crippen LogP contribution < -0.4 is 11.1 Å². The van der Waals surface area contributed by atoms with Crippen molar-refractivity contribution in [3.05, 3.63) is 0 Å². The number of primary amides is 1. The third kappa shape index (κ3) is 5.49. The minimum absolute atomic E-state index is 0.290. The number of nitrogens with two attached hydrogens (primary N) is 1. The second-order valence-electron chi connectivity index (χ2n) is 6.14. The third-order valence-electron chi connectivity index (χ3n) is 4.15. The zero-order valence-electron chi connectivity index (χ0n) is 12.7. The summed E-state index contributed by atoms with van der Waals surface area (Å²) in [4.78, 5) is 11.6. The summed E-state index contributed by atoms with van der Waals surface area (Å²) in [7, 11) is 0. The Morgan fingerprint density at radius 1 is 1.47 bits per heavy atom. The first kappa shape index (κ1) is 16.4. The summed E-state index contributed by atoms with van der Waals surface area (Å²) >= 11 is 0. The van der Waals surface area contributed by atoms with Gasteiger partial charge in [0.25, 0.3) is 0 Å². The number of hydrogen-bond acceptors (Lipinski definition) is 3. The fraction of sp³-hybridized carbons (Fsp3) is 0.933. The molecule has 1 aliphatic rings. The van der Waals surface area contributed by atoms with Crippen molar-refractivity contribution in [2.75, 3.05) is 13.2 Å². The molecule has 0 saturated heterocycles. The summed E-state index contributed by atoms with van der Waals surface area (Å²) in [5.74, 6) is 0.473. The van der Waals surface area contributed by atoms with Gasteiger partial charge in [-0.15, -0.1) is 0 Å². The minimum atomic E-state index is -0.643. The van der Waals surface area contributed by atoms with Crippen LogP contribution in [-0.2, 0) is 9.53 Å². The first-order chi connectivity index (χ1) is 8.98. The van der Waals surface area contributed by atoms with Crippen LogP contribution in [0.1, 0.15) is 59.3 Å². The summed E-state index contributed by atoms with van der Waals surface area (Å²) in [6.07, 6.45) is 6.88. The fourth-order valence-electron chi connectivity index (χ4n) is 2.66. The SMILES string of the molecule is CCCNC(C)(CCOC1CCCC(C)C1)C(N)=O. The van der Waals surface area contributed by atoms with Gasteiger partial charge >= 0.3 is 0 Å². The van der Waals surface area contributed by atoms with Crippen LogP contribution in [0.25, 0.3) is 0 Å². The van der Waals surface area contributed by atoms with Crippen LogP contribution in [0.3, 0.4) is 0 Å². The van der Waals surface area contributed by atoms with Crippen molar-refractivity contribution in [3.8, 4) is 0 Å². The van der Waals surface area contributed by atoms with Crippen LogP contribution in [0.4, 0.5) is 0 Å². The maximum Gasteiger partial charge on any atom is 0.237 e. The quantitative estimate of drug-likeness (QED) is 0.711. The lowest BCUT2D eigenvalue weighted by atomic mass is 9.88. The molecule has 1 saturated carbocycles. The van der Waals surface area contributed by atoms with Crippen LogP contribution in [0, 0.1) is 5.92 Å². The first-order valence-corrected chi connectivity index (χ1v) is 7.64. The molecule has 0 heterocycles. The van der Waals surface area contributed by atoms with Crippen molar-refractivity contribution in [2.24, 2.45) is 11.7 Å². The van der Waals surface area contributed by atoms with Gasteiger partial charge in [-0.3, -0.25) is 4.79 Å². The summed E-state index contributed by atoms with van der Waals surface area (Å²) < 4.78 is 5.93. The molecular weight excluding hydrogens is 240 g/mol. The van der Waals surface area contributed by atoms with Gasteiger partial charge in [0.2, 0.25) is 5.91 Å². The molecule has 4 heteroatoms. The summed E-state index contributed by atoms with van der Waals surface area (Å²) in [6, 6.07) is 0. The maximum atomic E-state index is 11.6. The van der Waals surface area contributed by atoms with Gasteiger partial charge in [-0.1, -0.05) is 26.7 Å². The van der Waals surface area contributed by atoms with Gasteiger partial charge in [0, 0.05) is 6.61 Å². The number of amides is 1. The smallest absolute Gasteiger partial charge is 0.237 e. The molecule has 1 fully saturated rings. The largest absolute Gasteiger partial charge is 0.378 e. The van der Waals surface area contributed by atoms with Gasteiger partial charge in [-0.05, 0) is 45.1 Å². The van der Waals surface area contributed by atoms with E-state index in [2.05, 4.69) is 19.2 Å². The van der Waals surface area contributed by atoms with Crippen molar-refractivity contribution in [1.29, 1.82) is 0 Å². The monoisotopic (exact) mass is 270 g/mol. The predicted molar refractivity (Wildman–Crippen MR) is 77.9 cm³/mol. The molecule has 0 radical (unpaired) electrons. The van der Waals surface area contributed by atoms with E-state index in [0.717, 1.165) is 31.7 Å². The molecule has 0 spiro atoms. The van der Waals surface area contributed by atoms with Crippen molar-refractivity contribution >= 4 is 5.91 Å². The predicted octanol–water partition coefficient (Wildman–Crippen LogP) is 2.22. The van der Waals surface area contributed by atoms with E-state index in [9.17, 15) is 4.79 Å². The molecule has 0 bridgehead atoms. The van der Waals surface area contributed by atoms with E-state index in [4.69, 9.17) is 10.5 Å². The Morgan fingerprint density at radius 2 is 2.21 bits per heavy atom. The Bertz CT molecular complexity index is 283. The molecule has 1 rings (SSSR count). The number of hydrogen-bond donors (Lipinski definition) is 2. The van der Waals surface area contributed by atoms with Crippen molar-refractivity contribution in [2.45, 2.75) is 70.9 Å². The van der Waals surface area contributed by atoms with Crippen LogP contribution in [0.2, 0.25) is 0 Å². The molecule has 3 unspecified atom stereocenters. The van der Waals surface area contributed by atoms with E-state index >= 15 is 0 Å². The highest BCUT2D eigenvalue weighted by atomic mass is 16.5. The maximum absolute atomic E-state index is 11.6. The lowest BCUT2D eigenvalue weighted by Crippen LogP contribution is -2.54. The molecule has 1 aliphatic carbocycles. The van der Waals surface area contributed by atoms with E-state index in [1.54, 1.807) is 0 Å². The van der Waals surface area contributed by atoms with Gasteiger partial charge in [0.1, 0.15) is 0 Å². The van der Waals surface area contributed by atoms with Crippen LogP contribution in [-0.4, -0.2) is 30.7 Å². The molecule has 3 N–H and O–H groups in total. The number of ether oxygens (including phenoxy) is 1. The minimum Gasteiger partial charge on any atom is -0.378 e. The highest BCUT2D eigenvalue weighted by Gasteiger charge is 2.30. The Labute approximate surface area is 117 Å². The second-order valence-corrected chi connectivity index (χ2v) is 6.14. The van der Waals surface area contributed by atoms with E-state index in [-0.39, 0.29) is 5.91 Å². The number of carbonyl (C=O) groups excluding carboxylic acids is 1. The molecule has 112 valence electrons. The van der Waals surface area contributed by atoms with Gasteiger partial charge in [0.05, 0.1) is 11.6 Å². The van der Waals surface area contributed by atoms with Crippen molar-refractivity contribution < 1.29 is 9.53 Å². The summed E-state index contributed by atoms with van der Waals surface area (Å²) in [5, 5.41) is 3.24. The van der Waals surface area contributed by atoms with E-state index in [0.29, 0.717) is 19.1 Å². The molecule has 0 aromatic heterocycles. The standard InChI is InChI=1S/C15H30N2O2/c1-4-9-17-15(3,14(16)18)8-10-19-13-7-5-6-12(2)11-13/h12-13,17H,4-11H2,1-3H3,(H2,16,18). The summed E-state index contributed by atoms with van der Waals surface area (Å²) in [5.41, 5.74) is 4.85. The molecule has 1 amide bonds. The Hall–Kier alpha value is -0.610. The Balaban J connectivity index is 2.33. The van der Waals surface area contributed by atoms with Gasteiger partial charge in [-0.25, -0.2) is 0 Å². The molecule has 0 aromatic rings. The van der Waals surface area contributed by atoms with Crippen LogP contribution in [0.5, 0.6) is 0 Å². The second kappa shape index (κ2) is 7.85. The molecular formula is C15H30N2O2. The lowest BCUT2D eigenvalue weighted by molar-refractivity contribution is -0.125. The topological polar surface area (TPSA) is 64.3 Å². The average Bonchev–Trinajstić information content (AvgIpc) is 2.36. The van der Waals surface area contributed by atoms with Gasteiger partial charge in [0.15, 0.2) is 0 Å². The average molecular weight is 270 g/mol. The van der Waals surface area contributed by atoms with Crippen LogP contribution in [0.15, 0.2) is 0 Å². The lowest BCUT2D eigenvalue weighted by Gasteiger charge is -2.30. The molecule has 3 atom stereocenters. The number of nitrogens with one attached hydrogen (secondary N) is 1. The van der Waals surface area contributed by atoms with Crippen molar-refractivity contribution in [1.82, 2.24) is 5.32 Å². The van der Waals surface area contributed by atoms with E-state index < -0.39 is 5.54 Å². The molecule has 0 aromatic carbocycles. The van der Waals surface area contributed by atoms with Crippen LogP contribution >= 0.6 is 0 Å². The molecule has 19 heavy (non-hydrogen) atoms. The Morgan fingerprint density at radius 3 is 2.79 bits per heavy atom. The van der Waals surface area contributed by atoms with Gasteiger partial charge < -0.3 is 15.8 Å². The third-order valence-corrected chi connectivity index (χ3v) is 4.15. The van der Waals surface area contributed by atoms with Crippen molar-refractivity contribution in [3.63, 3.8) is 0 Å². The molecule has 4 nitrogen and oxygen atoms in total. The summed E-state index contributed by atoms with van der Waals surface area (Å²) in [6.45, 7) is 7.64. The van der Waals surface area contributed by atoms with Gasteiger partial charge in [-0.2, -0.15) is 0 Å². The number of carbonyl (C=O) groups is 1. The zero-order chi connectivity index (χ0) is 14.3. The van der Waals surface area contributed by atoms with E-state index in [1.807, 2.05) is 6.92 Å². The highest BCUT2D eigenvalue weighted by Crippen LogP contribution is 2.26.